The first-order valence-corrected chi connectivity index (χ1v) is 7.81. The predicted octanol–water partition coefficient (Wildman–Crippen LogP) is 2.34. The number of nitrogens with zero attached hydrogens (tertiary/aromatic N) is 2. The molecule has 1 N–H and O–H groups in total. The van der Waals surface area contributed by atoms with E-state index in [2.05, 4.69) is 15.2 Å². The Bertz CT molecular complexity index is 857. The number of benzene rings is 2. The van der Waals surface area contributed by atoms with Gasteiger partial charge >= 0.3 is 0 Å². The monoisotopic (exact) mass is 323 g/mol. The van der Waals surface area contributed by atoms with Crippen molar-refractivity contribution in [2.75, 3.05) is 18.5 Å². The molecule has 2 aromatic carbocycles. The first-order valence-electron chi connectivity index (χ1n) is 7.81. The van der Waals surface area contributed by atoms with Crippen molar-refractivity contribution < 1.29 is 13.9 Å². The number of fused-ring (bicyclic) bond motifs is 2. The third-order valence-corrected chi connectivity index (χ3v) is 4.06. The van der Waals surface area contributed by atoms with Crippen molar-refractivity contribution in [2.45, 2.75) is 12.6 Å². The molecule has 1 aliphatic heterocycles. The van der Waals surface area contributed by atoms with Crippen LogP contribution >= 0.6 is 0 Å². The zero-order valence-electron chi connectivity index (χ0n) is 13.2. The molecule has 1 unspecified atom stereocenters. The van der Waals surface area contributed by atoms with Gasteiger partial charge in [0.25, 0.3) is 5.91 Å². The quantitative estimate of drug-likeness (QED) is 0.801. The molecule has 24 heavy (non-hydrogen) atoms. The van der Waals surface area contributed by atoms with Crippen molar-refractivity contribution in [3.05, 3.63) is 54.4 Å². The number of ether oxygens (including phenoxy) is 1. The fourth-order valence-corrected chi connectivity index (χ4v) is 2.91. The van der Waals surface area contributed by atoms with E-state index in [1.54, 1.807) is 7.05 Å². The summed E-state index contributed by atoms with van der Waals surface area (Å²) in [5, 5.41) is 2.64. The lowest BCUT2D eigenvalue weighted by molar-refractivity contribution is -0.127. The van der Waals surface area contributed by atoms with Gasteiger partial charge in [-0.05, 0) is 24.3 Å². The number of carbonyl (C=O) groups is 1. The topological polar surface area (TPSA) is 67.6 Å². The minimum absolute atomic E-state index is 0.146. The number of amides is 1. The lowest BCUT2D eigenvalue weighted by atomic mass is 10.2. The summed E-state index contributed by atoms with van der Waals surface area (Å²) in [7, 11) is 1.61. The number of likely N-dealkylation sites (N-methyl/N-ethyl adjacent to an activating group) is 1. The standard InChI is InChI=1S/C18H17N3O3/c1-19-18(22)16-10-21(13-7-3-5-9-15(13)23-16)11-17-20-12-6-2-4-8-14(12)24-17/h2-9,16H,10-11H2,1H3,(H,19,22). The highest BCUT2D eigenvalue weighted by Crippen LogP contribution is 2.34. The van der Waals surface area contributed by atoms with Crippen molar-refractivity contribution in [3.63, 3.8) is 0 Å². The van der Waals surface area contributed by atoms with Gasteiger partial charge in [-0.2, -0.15) is 0 Å². The third-order valence-electron chi connectivity index (χ3n) is 4.06. The van der Waals surface area contributed by atoms with E-state index in [4.69, 9.17) is 9.15 Å². The number of oxazole rings is 1. The summed E-state index contributed by atoms with van der Waals surface area (Å²) >= 11 is 0. The second-order valence-electron chi connectivity index (χ2n) is 5.64. The Morgan fingerprint density at radius 1 is 1.25 bits per heavy atom. The highest BCUT2D eigenvalue weighted by atomic mass is 16.5. The van der Waals surface area contributed by atoms with E-state index < -0.39 is 6.10 Å². The number of aromatic nitrogens is 1. The molecule has 3 aromatic rings. The predicted molar refractivity (Wildman–Crippen MR) is 90.0 cm³/mol. The Morgan fingerprint density at radius 2 is 2.04 bits per heavy atom. The average Bonchev–Trinajstić information content (AvgIpc) is 3.03. The molecule has 6 heteroatoms. The molecular formula is C18H17N3O3. The van der Waals surface area contributed by atoms with Crippen LogP contribution in [0, 0.1) is 0 Å². The molecule has 1 atom stereocenters. The molecule has 0 aliphatic carbocycles. The summed E-state index contributed by atoms with van der Waals surface area (Å²) in [4.78, 5) is 18.6. The molecule has 0 radical (unpaired) electrons. The van der Waals surface area contributed by atoms with Crippen molar-refractivity contribution in [1.29, 1.82) is 0 Å². The van der Waals surface area contributed by atoms with Crippen LogP contribution in [-0.2, 0) is 11.3 Å². The molecule has 122 valence electrons. The van der Waals surface area contributed by atoms with Gasteiger partial charge in [-0.1, -0.05) is 24.3 Å². The molecule has 0 fully saturated rings. The maximum Gasteiger partial charge on any atom is 0.262 e. The van der Waals surface area contributed by atoms with Crippen LogP contribution in [0.3, 0.4) is 0 Å². The first kappa shape index (κ1) is 14.6. The van der Waals surface area contributed by atoms with Gasteiger partial charge in [0.05, 0.1) is 18.8 Å². The molecule has 0 saturated heterocycles. The number of nitrogens with one attached hydrogen (secondary N) is 1. The van der Waals surface area contributed by atoms with E-state index in [9.17, 15) is 4.79 Å². The van der Waals surface area contributed by atoms with E-state index in [0.717, 1.165) is 16.8 Å². The SMILES string of the molecule is CNC(=O)C1CN(Cc2nc3ccccc3o2)c2ccccc2O1. The second kappa shape index (κ2) is 5.88. The molecule has 1 amide bonds. The molecule has 2 heterocycles. The second-order valence-corrected chi connectivity index (χ2v) is 5.64. The summed E-state index contributed by atoms with van der Waals surface area (Å²) in [6, 6.07) is 15.3. The number of hydrogen-bond donors (Lipinski definition) is 1. The third kappa shape index (κ3) is 2.56. The normalized spacial score (nSPS) is 16.5. The molecule has 1 aromatic heterocycles. The van der Waals surface area contributed by atoms with Crippen molar-refractivity contribution in [1.82, 2.24) is 10.3 Å². The summed E-state index contributed by atoms with van der Waals surface area (Å²) in [5.41, 5.74) is 2.52. The van der Waals surface area contributed by atoms with E-state index in [-0.39, 0.29) is 5.91 Å². The Hall–Kier alpha value is -3.02. The van der Waals surface area contributed by atoms with Crippen molar-refractivity contribution >= 4 is 22.7 Å². The summed E-state index contributed by atoms with van der Waals surface area (Å²) in [6.07, 6.45) is -0.561. The Labute approximate surface area is 139 Å². The zero-order chi connectivity index (χ0) is 16.5. The van der Waals surface area contributed by atoms with Gasteiger partial charge in [-0.15, -0.1) is 0 Å². The molecule has 1 aliphatic rings. The van der Waals surface area contributed by atoms with Crippen LogP contribution in [0.2, 0.25) is 0 Å². The number of hydrogen-bond acceptors (Lipinski definition) is 5. The lowest BCUT2D eigenvalue weighted by Crippen LogP contribution is -2.47. The van der Waals surface area contributed by atoms with E-state index in [1.807, 2.05) is 48.5 Å². The maximum atomic E-state index is 12.0. The molecule has 4 rings (SSSR count). The summed E-state index contributed by atoms with van der Waals surface area (Å²) in [5.74, 6) is 1.16. The van der Waals surface area contributed by atoms with Crippen LogP contribution in [0.4, 0.5) is 5.69 Å². The number of anilines is 1. The Kier molecular flexibility index (Phi) is 3.57. The van der Waals surface area contributed by atoms with Gasteiger partial charge in [-0.25, -0.2) is 4.98 Å². The molecule has 6 nitrogen and oxygen atoms in total. The smallest absolute Gasteiger partial charge is 0.262 e. The van der Waals surface area contributed by atoms with Gasteiger partial charge in [0.1, 0.15) is 11.3 Å². The zero-order valence-corrected chi connectivity index (χ0v) is 13.2. The fourth-order valence-electron chi connectivity index (χ4n) is 2.91. The molecule has 0 bridgehead atoms. The fraction of sp³-hybridized carbons (Fsp3) is 0.222. The van der Waals surface area contributed by atoms with Crippen LogP contribution in [0.25, 0.3) is 11.1 Å². The van der Waals surface area contributed by atoms with Crippen LogP contribution in [-0.4, -0.2) is 30.6 Å². The molecular weight excluding hydrogens is 306 g/mol. The summed E-state index contributed by atoms with van der Waals surface area (Å²) in [6.45, 7) is 0.915. The number of carbonyl (C=O) groups excluding carboxylic acids is 1. The van der Waals surface area contributed by atoms with Gasteiger partial charge in [-0.3, -0.25) is 4.79 Å². The first-order chi connectivity index (χ1) is 11.7. The van der Waals surface area contributed by atoms with E-state index in [1.165, 1.54) is 0 Å². The van der Waals surface area contributed by atoms with Crippen LogP contribution in [0.15, 0.2) is 52.9 Å². The maximum absolute atomic E-state index is 12.0. The number of para-hydroxylation sites is 4. The van der Waals surface area contributed by atoms with Gasteiger partial charge in [0.2, 0.25) is 5.89 Å². The van der Waals surface area contributed by atoms with E-state index in [0.29, 0.717) is 24.7 Å². The van der Waals surface area contributed by atoms with Gasteiger partial charge in [0, 0.05) is 7.05 Å². The lowest BCUT2D eigenvalue weighted by Gasteiger charge is -2.34. The van der Waals surface area contributed by atoms with Crippen LogP contribution in [0.5, 0.6) is 5.75 Å². The average molecular weight is 323 g/mol. The van der Waals surface area contributed by atoms with Crippen molar-refractivity contribution in [3.8, 4) is 5.75 Å². The van der Waals surface area contributed by atoms with Crippen LogP contribution in [0.1, 0.15) is 5.89 Å². The molecule has 0 spiro atoms. The summed E-state index contributed by atoms with van der Waals surface area (Å²) < 4.78 is 11.6. The highest BCUT2D eigenvalue weighted by molar-refractivity contribution is 5.83. The minimum Gasteiger partial charge on any atom is -0.477 e. The molecule has 0 saturated carbocycles. The Morgan fingerprint density at radius 3 is 2.88 bits per heavy atom. The number of rotatable bonds is 3. The van der Waals surface area contributed by atoms with E-state index >= 15 is 0 Å². The highest BCUT2D eigenvalue weighted by Gasteiger charge is 2.30. The van der Waals surface area contributed by atoms with Crippen LogP contribution < -0.4 is 15.0 Å². The minimum atomic E-state index is -0.561. The van der Waals surface area contributed by atoms with Gasteiger partial charge in [0.15, 0.2) is 11.7 Å². The van der Waals surface area contributed by atoms with Gasteiger partial charge < -0.3 is 19.4 Å². The largest absolute Gasteiger partial charge is 0.477 e. The Balaban J connectivity index is 1.66. The van der Waals surface area contributed by atoms with Crippen molar-refractivity contribution in [2.24, 2.45) is 0 Å².